The third-order valence-electron chi connectivity index (χ3n) is 2.75. The molecule has 0 aromatic carbocycles. The van der Waals surface area contributed by atoms with Gasteiger partial charge in [0.05, 0.1) is 0 Å². The number of hydrogen-bond donors (Lipinski definition) is 2. The van der Waals surface area contributed by atoms with Crippen LogP contribution in [0.5, 0.6) is 0 Å². The second-order valence-corrected chi connectivity index (χ2v) is 4.98. The number of nitrogens with one attached hydrogen (secondary N) is 1. The van der Waals surface area contributed by atoms with Crippen LogP contribution in [0.15, 0.2) is 0 Å². The molecule has 2 atom stereocenters. The van der Waals surface area contributed by atoms with Crippen LogP contribution in [0.3, 0.4) is 0 Å². The molecule has 0 bridgehead atoms. The average Bonchev–Trinajstić information content (AvgIpc) is 2.83. The Kier molecular flexibility index (Phi) is 11.6. The minimum Gasteiger partial charge on any atom is -0.399 e. The second-order valence-electron chi connectivity index (χ2n) is 3.93. The van der Waals surface area contributed by atoms with Gasteiger partial charge >= 0.3 is 10.0 Å². The van der Waals surface area contributed by atoms with E-state index in [1.165, 1.54) is 13.0 Å². The highest BCUT2D eigenvalue weighted by Gasteiger charge is 2.19. The molecule has 0 amide bonds. The minimum absolute atomic E-state index is 0.431. The molecule has 0 saturated carbocycles. The summed E-state index contributed by atoms with van der Waals surface area (Å²) in [6.45, 7) is 10.0. The molecule has 1 rings (SSSR count). The monoisotopic (exact) mass is 248 g/mol. The summed E-state index contributed by atoms with van der Waals surface area (Å²) >= 11 is 0. The third kappa shape index (κ3) is 8.24. The van der Waals surface area contributed by atoms with Crippen molar-refractivity contribution in [2.45, 2.75) is 39.7 Å². The normalized spacial score (nSPS) is 21.4. The van der Waals surface area contributed by atoms with Crippen molar-refractivity contribution < 1.29 is 8.85 Å². The molecule has 1 aliphatic heterocycles. The van der Waals surface area contributed by atoms with Crippen LogP contribution in [0.1, 0.15) is 33.6 Å². The Balaban J connectivity index is 0.000000293. The zero-order valence-corrected chi connectivity index (χ0v) is 12.4. The van der Waals surface area contributed by atoms with E-state index in [-0.39, 0.29) is 0 Å². The van der Waals surface area contributed by atoms with E-state index < -0.39 is 10.0 Å². The maximum Gasteiger partial charge on any atom is 0.304 e. The molecule has 1 fully saturated rings. The highest BCUT2D eigenvalue weighted by molar-refractivity contribution is 6.17. The topological polar surface area (TPSA) is 56.5 Å². The second kappa shape index (κ2) is 11.5. The van der Waals surface area contributed by atoms with Gasteiger partial charge in [0.1, 0.15) is 0 Å². The molecule has 2 unspecified atom stereocenters. The van der Waals surface area contributed by atoms with Gasteiger partial charge in [0.2, 0.25) is 0 Å². The first-order valence-corrected chi connectivity index (χ1v) is 7.53. The Labute approximate surface area is 102 Å². The third-order valence-corrected chi connectivity index (χ3v) is 3.90. The summed E-state index contributed by atoms with van der Waals surface area (Å²) in [5.41, 5.74) is 5.84. The molecule has 0 aromatic heterocycles. The summed E-state index contributed by atoms with van der Waals surface area (Å²) in [6.07, 6.45) is 2.39. The number of rotatable bonds is 6. The van der Waals surface area contributed by atoms with Gasteiger partial charge in [-0.1, -0.05) is 6.92 Å². The summed E-state index contributed by atoms with van der Waals surface area (Å²) in [7, 11) is -0.589. The number of hydrogen-bond acceptors (Lipinski definition) is 4. The van der Waals surface area contributed by atoms with E-state index in [2.05, 4.69) is 12.2 Å². The quantitative estimate of drug-likeness (QED) is 0.527. The Hall–Kier alpha value is 0.0569. The lowest BCUT2D eigenvalue weighted by Gasteiger charge is -2.14. The molecule has 0 radical (unpaired) electrons. The van der Waals surface area contributed by atoms with E-state index in [9.17, 15) is 0 Å². The fourth-order valence-electron chi connectivity index (χ4n) is 1.60. The predicted octanol–water partition coefficient (Wildman–Crippen LogP) is 0.391. The summed E-state index contributed by atoms with van der Waals surface area (Å²) in [5.74, 6) is 0.745. The van der Waals surface area contributed by atoms with Crippen molar-refractivity contribution in [2.24, 2.45) is 11.7 Å². The lowest BCUT2D eigenvalue weighted by Crippen LogP contribution is -2.30. The van der Waals surface area contributed by atoms with Gasteiger partial charge in [-0.15, -0.1) is 0 Å². The van der Waals surface area contributed by atoms with E-state index in [1.54, 1.807) is 0 Å². The molecular weight excluding hydrogens is 220 g/mol. The van der Waals surface area contributed by atoms with Crippen LogP contribution in [0.25, 0.3) is 0 Å². The molecule has 1 aliphatic rings. The van der Waals surface area contributed by atoms with Gasteiger partial charge in [-0.3, -0.25) is 0 Å². The van der Waals surface area contributed by atoms with Gasteiger partial charge in [-0.05, 0) is 45.7 Å². The van der Waals surface area contributed by atoms with Gasteiger partial charge in [-0.25, -0.2) is 0 Å². The van der Waals surface area contributed by atoms with Crippen LogP contribution < -0.4 is 11.1 Å². The zero-order valence-electron chi connectivity index (χ0n) is 11.0. The molecule has 0 aromatic rings. The first-order valence-electron chi connectivity index (χ1n) is 6.37. The molecule has 0 spiro atoms. The van der Waals surface area contributed by atoms with Crippen LogP contribution in [0, 0.1) is 5.92 Å². The summed E-state index contributed by atoms with van der Waals surface area (Å²) in [6, 6.07) is 0.431. The van der Waals surface area contributed by atoms with E-state index in [0.717, 1.165) is 32.1 Å². The maximum absolute atomic E-state index is 5.84. The zero-order chi connectivity index (χ0) is 12.2. The van der Waals surface area contributed by atoms with Crippen LogP contribution >= 0.6 is 0 Å². The highest BCUT2D eigenvalue weighted by atomic mass is 28.3. The van der Waals surface area contributed by atoms with Crippen LogP contribution in [0.4, 0.5) is 0 Å². The lowest BCUT2D eigenvalue weighted by molar-refractivity contribution is 0.240. The van der Waals surface area contributed by atoms with Gasteiger partial charge in [0, 0.05) is 19.3 Å². The van der Waals surface area contributed by atoms with E-state index in [0.29, 0.717) is 6.04 Å². The standard InChI is InChI=1S/C7H16N2.C4H12O2Si/c1-2-7(8)6-3-4-9-5-6;1-3-5-7-6-4-2/h6-7,9H,2-5,8H2,1H3;3-4,7H2,1-2H3. The summed E-state index contributed by atoms with van der Waals surface area (Å²) < 4.78 is 9.98. The highest BCUT2D eigenvalue weighted by Crippen LogP contribution is 2.12. The first-order chi connectivity index (χ1) is 7.76. The molecule has 4 nitrogen and oxygen atoms in total. The minimum atomic E-state index is -0.589. The van der Waals surface area contributed by atoms with E-state index >= 15 is 0 Å². The molecular formula is C11H28N2O2Si. The van der Waals surface area contributed by atoms with Crippen molar-refractivity contribution in [1.29, 1.82) is 0 Å². The van der Waals surface area contributed by atoms with E-state index in [1.807, 2.05) is 13.8 Å². The fraction of sp³-hybridized carbons (Fsp3) is 1.00. The molecule has 16 heavy (non-hydrogen) atoms. The van der Waals surface area contributed by atoms with Crippen LogP contribution in [-0.2, 0) is 8.85 Å². The van der Waals surface area contributed by atoms with Crippen molar-refractivity contribution >= 4 is 10.0 Å². The van der Waals surface area contributed by atoms with Gasteiger partial charge in [0.25, 0.3) is 0 Å². The smallest absolute Gasteiger partial charge is 0.304 e. The van der Waals surface area contributed by atoms with Crippen molar-refractivity contribution in [3.05, 3.63) is 0 Å². The Bertz CT molecular complexity index is 140. The molecule has 5 heteroatoms. The van der Waals surface area contributed by atoms with Crippen molar-refractivity contribution in [1.82, 2.24) is 5.32 Å². The SMILES string of the molecule is CCC(N)C1CCNC1.CCO[SiH2]OCC. The summed E-state index contributed by atoms with van der Waals surface area (Å²) in [4.78, 5) is 0. The molecule has 1 heterocycles. The molecule has 3 N–H and O–H groups in total. The Morgan fingerprint density at radius 3 is 2.31 bits per heavy atom. The van der Waals surface area contributed by atoms with Crippen molar-refractivity contribution in [2.75, 3.05) is 26.3 Å². The molecule has 0 aliphatic carbocycles. The Morgan fingerprint density at radius 1 is 1.31 bits per heavy atom. The molecule has 1 saturated heterocycles. The maximum atomic E-state index is 5.84. The largest absolute Gasteiger partial charge is 0.399 e. The molecule has 98 valence electrons. The van der Waals surface area contributed by atoms with Gasteiger partial charge in [-0.2, -0.15) is 0 Å². The average molecular weight is 248 g/mol. The fourth-order valence-corrected chi connectivity index (χ4v) is 2.05. The summed E-state index contributed by atoms with van der Waals surface area (Å²) in [5, 5.41) is 3.31. The van der Waals surface area contributed by atoms with Crippen molar-refractivity contribution in [3.63, 3.8) is 0 Å². The first kappa shape index (κ1) is 16.1. The number of nitrogens with two attached hydrogens (primary N) is 1. The predicted molar refractivity (Wildman–Crippen MR) is 71.0 cm³/mol. The van der Waals surface area contributed by atoms with Crippen molar-refractivity contribution in [3.8, 4) is 0 Å². The van der Waals surface area contributed by atoms with Gasteiger partial charge < -0.3 is 19.9 Å². The van der Waals surface area contributed by atoms with Crippen LogP contribution in [-0.4, -0.2) is 42.4 Å². The van der Waals surface area contributed by atoms with E-state index in [4.69, 9.17) is 14.6 Å². The Morgan fingerprint density at radius 2 is 1.94 bits per heavy atom. The lowest BCUT2D eigenvalue weighted by atomic mass is 9.98. The van der Waals surface area contributed by atoms with Gasteiger partial charge in [0.15, 0.2) is 0 Å². The van der Waals surface area contributed by atoms with Crippen LogP contribution in [0.2, 0.25) is 0 Å².